The summed E-state index contributed by atoms with van der Waals surface area (Å²) in [6, 6.07) is 11.9. The molecule has 0 fully saturated rings. The number of carbonyl (C=O) groups is 2. The lowest BCUT2D eigenvalue weighted by molar-refractivity contribution is -0.139. The Balaban J connectivity index is 1.86. The molecule has 7 heteroatoms. The highest BCUT2D eigenvalue weighted by Gasteiger charge is 2.12. The molecule has 1 amide bonds. The molecule has 0 bridgehead atoms. The number of ether oxygens (including phenoxy) is 2. The third-order valence-corrected chi connectivity index (χ3v) is 4.11. The van der Waals surface area contributed by atoms with Crippen molar-refractivity contribution in [2.75, 3.05) is 13.2 Å². The van der Waals surface area contributed by atoms with Gasteiger partial charge < -0.3 is 19.9 Å². The van der Waals surface area contributed by atoms with Gasteiger partial charge in [0.1, 0.15) is 11.5 Å². The smallest absolute Gasteiger partial charge is 0.341 e. The highest BCUT2D eigenvalue weighted by Crippen LogP contribution is 2.25. The number of nitrogens with one attached hydrogen (secondary N) is 1. The largest absolute Gasteiger partial charge is 0.483 e. The Kier molecular flexibility index (Phi) is 6.86. The van der Waals surface area contributed by atoms with Gasteiger partial charge in [0.25, 0.3) is 5.91 Å². The van der Waals surface area contributed by atoms with Gasteiger partial charge in [-0.2, -0.15) is 0 Å². The van der Waals surface area contributed by atoms with Gasteiger partial charge in [0.2, 0.25) is 0 Å². The van der Waals surface area contributed by atoms with Crippen LogP contribution in [0.1, 0.15) is 24.1 Å². The second-order valence-electron chi connectivity index (χ2n) is 5.69. The van der Waals surface area contributed by atoms with Crippen molar-refractivity contribution in [3.8, 4) is 11.5 Å². The fourth-order valence-electron chi connectivity index (χ4n) is 2.25. The van der Waals surface area contributed by atoms with E-state index in [0.717, 1.165) is 11.1 Å². The summed E-state index contributed by atoms with van der Waals surface area (Å²) in [5.41, 5.74) is 1.65. The first-order chi connectivity index (χ1) is 12.4. The van der Waals surface area contributed by atoms with Crippen molar-refractivity contribution in [3.63, 3.8) is 0 Å². The van der Waals surface area contributed by atoms with Gasteiger partial charge in [0.15, 0.2) is 13.2 Å². The minimum Gasteiger partial charge on any atom is -0.483 e. The Morgan fingerprint density at radius 2 is 1.81 bits per heavy atom. The molecule has 0 saturated heterocycles. The number of hydrogen-bond acceptors (Lipinski definition) is 4. The van der Waals surface area contributed by atoms with Gasteiger partial charge >= 0.3 is 5.97 Å². The van der Waals surface area contributed by atoms with E-state index >= 15 is 0 Å². The molecule has 138 valence electrons. The van der Waals surface area contributed by atoms with Crippen molar-refractivity contribution in [1.29, 1.82) is 0 Å². The zero-order chi connectivity index (χ0) is 19.1. The second kappa shape index (κ2) is 9.10. The van der Waals surface area contributed by atoms with Crippen molar-refractivity contribution >= 4 is 23.5 Å². The number of benzene rings is 2. The first kappa shape index (κ1) is 19.6. The van der Waals surface area contributed by atoms with Gasteiger partial charge in [-0.1, -0.05) is 29.8 Å². The van der Waals surface area contributed by atoms with E-state index in [-0.39, 0.29) is 18.6 Å². The minimum absolute atomic E-state index is 0.120. The van der Waals surface area contributed by atoms with Crippen LogP contribution in [-0.2, 0) is 9.59 Å². The quantitative estimate of drug-likeness (QED) is 0.736. The van der Waals surface area contributed by atoms with E-state index < -0.39 is 12.6 Å². The van der Waals surface area contributed by atoms with Gasteiger partial charge in [0.05, 0.1) is 6.04 Å². The summed E-state index contributed by atoms with van der Waals surface area (Å²) < 4.78 is 10.6. The molecule has 2 aromatic carbocycles. The molecular weight excluding hydrogens is 358 g/mol. The Morgan fingerprint density at radius 3 is 2.46 bits per heavy atom. The molecule has 2 N–H and O–H groups in total. The van der Waals surface area contributed by atoms with E-state index in [1.165, 1.54) is 0 Å². The van der Waals surface area contributed by atoms with Crippen molar-refractivity contribution < 1.29 is 24.2 Å². The molecule has 6 nitrogen and oxygen atoms in total. The highest BCUT2D eigenvalue weighted by molar-refractivity contribution is 6.31. The molecule has 0 aliphatic heterocycles. The third kappa shape index (κ3) is 5.67. The van der Waals surface area contributed by atoms with Crippen molar-refractivity contribution in [3.05, 3.63) is 58.6 Å². The molecule has 0 aliphatic rings. The van der Waals surface area contributed by atoms with E-state index in [4.69, 9.17) is 26.2 Å². The molecule has 2 aromatic rings. The van der Waals surface area contributed by atoms with Crippen LogP contribution in [0.3, 0.4) is 0 Å². The Hall–Kier alpha value is -2.73. The predicted octanol–water partition coefficient (Wildman–Crippen LogP) is 3.37. The maximum absolute atomic E-state index is 12.1. The number of aliphatic carboxylic acids is 1. The van der Waals surface area contributed by atoms with Crippen molar-refractivity contribution in [2.45, 2.75) is 19.9 Å². The second-order valence-corrected chi connectivity index (χ2v) is 6.10. The maximum atomic E-state index is 12.1. The number of carbonyl (C=O) groups excluding carboxylic acids is 1. The first-order valence-corrected chi connectivity index (χ1v) is 8.36. The highest BCUT2D eigenvalue weighted by atomic mass is 35.5. The van der Waals surface area contributed by atoms with Crippen LogP contribution in [0, 0.1) is 6.92 Å². The van der Waals surface area contributed by atoms with Crippen LogP contribution in [0.5, 0.6) is 11.5 Å². The summed E-state index contributed by atoms with van der Waals surface area (Å²) >= 11 is 6.02. The molecule has 2 rings (SSSR count). The fraction of sp³-hybridized carbons (Fsp3) is 0.263. The molecule has 1 atom stereocenters. The van der Waals surface area contributed by atoms with E-state index in [9.17, 15) is 9.59 Å². The molecule has 0 spiro atoms. The van der Waals surface area contributed by atoms with Crippen LogP contribution in [0.2, 0.25) is 5.02 Å². The van der Waals surface area contributed by atoms with Crippen molar-refractivity contribution in [2.24, 2.45) is 0 Å². The number of carboxylic acid groups (broad SMARTS) is 1. The van der Waals surface area contributed by atoms with E-state index in [2.05, 4.69) is 5.32 Å². The van der Waals surface area contributed by atoms with E-state index in [0.29, 0.717) is 16.5 Å². The van der Waals surface area contributed by atoms with Gasteiger partial charge in [-0.15, -0.1) is 0 Å². The number of hydrogen-bond donors (Lipinski definition) is 2. The van der Waals surface area contributed by atoms with Crippen LogP contribution in [-0.4, -0.2) is 30.2 Å². The first-order valence-electron chi connectivity index (χ1n) is 7.98. The van der Waals surface area contributed by atoms with Crippen LogP contribution in [0.4, 0.5) is 0 Å². The third-order valence-electron chi connectivity index (χ3n) is 3.70. The lowest BCUT2D eigenvalue weighted by Crippen LogP contribution is -2.31. The molecule has 0 aromatic heterocycles. The predicted molar refractivity (Wildman–Crippen MR) is 97.8 cm³/mol. The summed E-state index contributed by atoms with van der Waals surface area (Å²) in [6.45, 7) is 3.15. The summed E-state index contributed by atoms with van der Waals surface area (Å²) in [7, 11) is 0. The van der Waals surface area contributed by atoms with Gasteiger partial charge in [-0.3, -0.25) is 4.79 Å². The molecule has 0 heterocycles. The Morgan fingerprint density at radius 1 is 1.12 bits per heavy atom. The Labute approximate surface area is 156 Å². The van der Waals surface area contributed by atoms with Crippen LogP contribution in [0.25, 0.3) is 0 Å². The summed E-state index contributed by atoms with van der Waals surface area (Å²) in [4.78, 5) is 22.6. The monoisotopic (exact) mass is 377 g/mol. The Bertz CT molecular complexity index is 776. The lowest BCUT2D eigenvalue weighted by atomic mass is 10.1. The average molecular weight is 378 g/mol. The van der Waals surface area contributed by atoms with E-state index in [1.807, 2.05) is 13.8 Å². The average Bonchev–Trinajstić information content (AvgIpc) is 2.61. The van der Waals surface area contributed by atoms with Crippen molar-refractivity contribution in [1.82, 2.24) is 5.32 Å². The number of rotatable bonds is 8. The standard InChI is InChI=1S/C19H20ClNO5/c1-12-16(20)4-3-5-17(12)26-10-18(22)21-13(2)14-6-8-15(9-7-14)25-11-19(23)24/h3-9,13H,10-11H2,1-2H3,(H,21,22)(H,23,24). The minimum atomic E-state index is -1.04. The summed E-state index contributed by atoms with van der Waals surface area (Å²) in [6.07, 6.45) is 0. The molecular formula is C19H20ClNO5. The van der Waals surface area contributed by atoms with Crippen LogP contribution in [0.15, 0.2) is 42.5 Å². The molecule has 0 radical (unpaired) electrons. The topological polar surface area (TPSA) is 84.9 Å². The van der Waals surface area contributed by atoms with Crippen LogP contribution >= 0.6 is 11.6 Å². The number of halogens is 1. The molecule has 0 aliphatic carbocycles. The van der Waals surface area contributed by atoms with Gasteiger partial charge in [-0.05, 0) is 43.7 Å². The summed E-state index contributed by atoms with van der Waals surface area (Å²) in [5, 5.41) is 12.0. The SMILES string of the molecule is Cc1c(Cl)cccc1OCC(=O)NC(C)c1ccc(OCC(=O)O)cc1. The van der Waals surface area contributed by atoms with E-state index in [1.54, 1.807) is 42.5 Å². The molecule has 26 heavy (non-hydrogen) atoms. The summed E-state index contributed by atoms with van der Waals surface area (Å²) in [5.74, 6) is -0.276. The van der Waals surface area contributed by atoms with Crippen LogP contribution < -0.4 is 14.8 Å². The lowest BCUT2D eigenvalue weighted by Gasteiger charge is -2.16. The zero-order valence-corrected chi connectivity index (χ0v) is 15.2. The van der Waals surface area contributed by atoms with Gasteiger partial charge in [-0.25, -0.2) is 4.79 Å². The normalized spacial score (nSPS) is 11.5. The molecule has 0 saturated carbocycles. The zero-order valence-electron chi connectivity index (χ0n) is 14.5. The maximum Gasteiger partial charge on any atom is 0.341 e. The fourth-order valence-corrected chi connectivity index (χ4v) is 2.42. The molecule has 1 unspecified atom stereocenters. The van der Waals surface area contributed by atoms with Gasteiger partial charge in [0, 0.05) is 10.6 Å². The number of carboxylic acids is 1. The number of amides is 1.